The number of carbonyl (C=O) groups excluding carboxylic acids is 1. The van der Waals surface area contributed by atoms with E-state index in [2.05, 4.69) is 6.92 Å². The Bertz CT molecular complexity index is 1460. The molecule has 1 fully saturated rings. The predicted octanol–water partition coefficient (Wildman–Crippen LogP) is 3.96. The van der Waals surface area contributed by atoms with E-state index in [1.54, 1.807) is 47.2 Å². The first-order valence-corrected chi connectivity index (χ1v) is 15.5. The van der Waals surface area contributed by atoms with Gasteiger partial charge in [0, 0.05) is 23.0 Å². The number of fused-ring (bicyclic) bond motifs is 3. The van der Waals surface area contributed by atoms with E-state index in [4.69, 9.17) is 16.6 Å². The monoisotopic (exact) mass is 551 g/mol. The van der Waals surface area contributed by atoms with Crippen molar-refractivity contribution in [3.8, 4) is 5.69 Å². The second-order valence-corrected chi connectivity index (χ2v) is 14.1. The molecule has 35 heavy (non-hydrogen) atoms. The number of sulfone groups is 1. The Hall–Kier alpha value is -1.88. The highest BCUT2D eigenvalue weighted by atomic mass is 35.5. The molecular formula is C24H26ClN3O4S3. The summed E-state index contributed by atoms with van der Waals surface area (Å²) in [5.74, 6) is 0.557. The quantitative estimate of drug-likeness (QED) is 0.352. The van der Waals surface area contributed by atoms with Gasteiger partial charge in [-0.1, -0.05) is 30.3 Å². The number of nitrogens with zero attached hydrogens (tertiary/aromatic N) is 3. The lowest BCUT2D eigenvalue weighted by Crippen LogP contribution is -2.39. The van der Waals surface area contributed by atoms with Gasteiger partial charge in [0.05, 0.1) is 28.3 Å². The van der Waals surface area contributed by atoms with Crippen LogP contribution in [-0.4, -0.2) is 59.1 Å². The molecule has 2 aromatic heterocycles. The van der Waals surface area contributed by atoms with Crippen molar-refractivity contribution >= 4 is 60.7 Å². The van der Waals surface area contributed by atoms with Crippen molar-refractivity contribution in [2.75, 3.05) is 24.3 Å². The molecule has 1 aliphatic heterocycles. The van der Waals surface area contributed by atoms with Crippen LogP contribution in [-0.2, 0) is 27.5 Å². The van der Waals surface area contributed by atoms with Crippen LogP contribution in [0.25, 0.3) is 15.9 Å². The highest BCUT2D eigenvalue weighted by Crippen LogP contribution is 2.37. The standard InChI is InChI=1S/C24H26ClN3O4S3/c1-14-3-8-18-19(11-14)34-22-21(18)23(30)28(16-6-4-15(25)5-7-16)24(26-22)33-12-20(29)27(2)17-9-10-35(31,32)13-17/h4-7,14,17H,3,8-13H2,1-2H3/t14-,17-/m0/s1. The zero-order chi connectivity index (χ0) is 24.9. The third-order valence-electron chi connectivity index (χ3n) is 6.86. The number of hydrogen-bond donors (Lipinski definition) is 0. The van der Waals surface area contributed by atoms with E-state index in [1.165, 1.54) is 21.5 Å². The van der Waals surface area contributed by atoms with Crippen LogP contribution >= 0.6 is 34.7 Å². The molecule has 0 saturated carbocycles. The average molecular weight is 552 g/mol. The van der Waals surface area contributed by atoms with Gasteiger partial charge < -0.3 is 4.90 Å². The summed E-state index contributed by atoms with van der Waals surface area (Å²) in [4.78, 5) is 35.1. The number of thiophene rings is 1. The van der Waals surface area contributed by atoms with E-state index in [-0.39, 0.29) is 34.8 Å². The fraction of sp³-hybridized carbons (Fsp3) is 0.458. The number of benzene rings is 1. The molecule has 0 spiro atoms. The molecule has 1 saturated heterocycles. The lowest BCUT2D eigenvalue weighted by molar-refractivity contribution is -0.128. The van der Waals surface area contributed by atoms with E-state index in [9.17, 15) is 18.0 Å². The fourth-order valence-corrected chi connectivity index (χ4v) is 9.06. The van der Waals surface area contributed by atoms with Gasteiger partial charge in [-0.15, -0.1) is 11.3 Å². The Morgan fingerprint density at radius 2 is 2.03 bits per heavy atom. The number of thioether (sulfide) groups is 1. The van der Waals surface area contributed by atoms with Gasteiger partial charge in [-0.25, -0.2) is 13.4 Å². The lowest BCUT2D eigenvalue weighted by Gasteiger charge is -2.23. The second-order valence-electron chi connectivity index (χ2n) is 9.39. The smallest absolute Gasteiger partial charge is 0.267 e. The molecule has 2 atom stereocenters. The third kappa shape index (κ3) is 4.90. The van der Waals surface area contributed by atoms with E-state index in [1.807, 2.05) is 0 Å². The minimum atomic E-state index is -3.09. The first-order chi connectivity index (χ1) is 16.6. The van der Waals surface area contributed by atoms with Crippen LogP contribution in [0.1, 0.15) is 30.2 Å². The van der Waals surface area contributed by atoms with Crippen molar-refractivity contribution in [2.45, 2.75) is 43.8 Å². The molecule has 1 aliphatic carbocycles. The van der Waals surface area contributed by atoms with Gasteiger partial charge in [0.15, 0.2) is 15.0 Å². The minimum absolute atomic E-state index is 0.00122. The Morgan fingerprint density at radius 1 is 1.29 bits per heavy atom. The summed E-state index contributed by atoms with van der Waals surface area (Å²) in [6, 6.07) is 6.70. The number of amides is 1. The number of aryl methyl sites for hydroxylation is 1. The van der Waals surface area contributed by atoms with Crippen LogP contribution in [0, 0.1) is 5.92 Å². The van der Waals surface area contributed by atoms with Crippen LogP contribution in [0.4, 0.5) is 0 Å². The molecule has 5 rings (SSSR count). The molecule has 3 aromatic rings. The van der Waals surface area contributed by atoms with Gasteiger partial charge in [0.25, 0.3) is 5.56 Å². The van der Waals surface area contributed by atoms with Crippen molar-refractivity contribution < 1.29 is 13.2 Å². The van der Waals surface area contributed by atoms with E-state index < -0.39 is 9.84 Å². The maximum Gasteiger partial charge on any atom is 0.267 e. The van der Waals surface area contributed by atoms with Gasteiger partial charge in [0.2, 0.25) is 5.91 Å². The van der Waals surface area contributed by atoms with Crippen LogP contribution in [0.15, 0.2) is 34.2 Å². The highest BCUT2D eigenvalue weighted by molar-refractivity contribution is 7.99. The minimum Gasteiger partial charge on any atom is -0.341 e. The van der Waals surface area contributed by atoms with Gasteiger partial charge in [-0.05, 0) is 61.4 Å². The summed E-state index contributed by atoms with van der Waals surface area (Å²) < 4.78 is 25.2. The largest absolute Gasteiger partial charge is 0.341 e. The second kappa shape index (κ2) is 9.53. The van der Waals surface area contributed by atoms with Crippen molar-refractivity contribution in [3.63, 3.8) is 0 Å². The molecule has 186 valence electrons. The Labute approximate surface area is 217 Å². The molecule has 7 nitrogen and oxygen atoms in total. The molecule has 3 heterocycles. The zero-order valence-electron chi connectivity index (χ0n) is 19.5. The maximum absolute atomic E-state index is 13.8. The van der Waals surface area contributed by atoms with E-state index in [0.29, 0.717) is 38.4 Å². The third-order valence-corrected chi connectivity index (χ3v) is 10.9. The Balaban J connectivity index is 1.51. The SMILES string of the molecule is C[C@H]1CCc2c(sc3nc(SCC(=O)N(C)[C@H]4CCS(=O)(=O)C4)n(-c4ccc(Cl)cc4)c(=O)c23)C1. The first kappa shape index (κ1) is 24.8. The molecule has 0 bridgehead atoms. The number of carbonyl (C=O) groups is 1. The maximum atomic E-state index is 13.8. The number of rotatable bonds is 5. The number of aromatic nitrogens is 2. The molecule has 2 aliphatic rings. The number of hydrogen-bond acceptors (Lipinski definition) is 7. The molecule has 1 amide bonds. The molecule has 0 radical (unpaired) electrons. The summed E-state index contributed by atoms with van der Waals surface area (Å²) in [7, 11) is -1.45. The van der Waals surface area contributed by atoms with Gasteiger partial charge >= 0.3 is 0 Å². The molecule has 0 N–H and O–H groups in total. The lowest BCUT2D eigenvalue weighted by atomic mass is 9.89. The van der Waals surface area contributed by atoms with Gasteiger partial charge in [0.1, 0.15) is 4.83 Å². The molecule has 0 unspecified atom stereocenters. The fourth-order valence-electron chi connectivity index (χ4n) is 4.80. The average Bonchev–Trinajstić information content (AvgIpc) is 3.36. The topological polar surface area (TPSA) is 89.3 Å². The van der Waals surface area contributed by atoms with Gasteiger partial charge in [-0.2, -0.15) is 0 Å². The van der Waals surface area contributed by atoms with Crippen molar-refractivity contribution in [1.29, 1.82) is 0 Å². The van der Waals surface area contributed by atoms with Crippen molar-refractivity contribution in [1.82, 2.24) is 14.5 Å². The normalized spacial score (nSPS) is 21.2. The number of halogens is 1. The highest BCUT2D eigenvalue weighted by Gasteiger charge is 2.33. The predicted molar refractivity (Wildman–Crippen MR) is 142 cm³/mol. The van der Waals surface area contributed by atoms with Gasteiger partial charge in [-0.3, -0.25) is 14.2 Å². The van der Waals surface area contributed by atoms with Crippen LogP contribution in [0.3, 0.4) is 0 Å². The summed E-state index contributed by atoms with van der Waals surface area (Å²) in [6.07, 6.45) is 3.32. The van der Waals surface area contributed by atoms with Crippen molar-refractivity contribution in [2.24, 2.45) is 5.92 Å². The first-order valence-electron chi connectivity index (χ1n) is 11.5. The van der Waals surface area contributed by atoms with Crippen LogP contribution < -0.4 is 5.56 Å². The Morgan fingerprint density at radius 3 is 2.71 bits per heavy atom. The summed E-state index contributed by atoms with van der Waals surface area (Å²) in [5.41, 5.74) is 1.62. The van der Waals surface area contributed by atoms with E-state index >= 15 is 0 Å². The molecule has 11 heteroatoms. The summed E-state index contributed by atoms with van der Waals surface area (Å²) in [6.45, 7) is 2.23. The molecule has 1 aromatic carbocycles. The Kier molecular flexibility index (Phi) is 6.76. The molecular weight excluding hydrogens is 526 g/mol. The summed E-state index contributed by atoms with van der Waals surface area (Å²) >= 11 is 8.86. The zero-order valence-corrected chi connectivity index (χ0v) is 22.7. The van der Waals surface area contributed by atoms with E-state index in [0.717, 1.165) is 24.8 Å². The summed E-state index contributed by atoms with van der Waals surface area (Å²) in [5, 5.41) is 1.68. The van der Waals surface area contributed by atoms with Crippen LogP contribution in [0.2, 0.25) is 5.02 Å². The van der Waals surface area contributed by atoms with Crippen molar-refractivity contribution in [3.05, 3.63) is 50.1 Å². The van der Waals surface area contributed by atoms with Crippen LogP contribution in [0.5, 0.6) is 0 Å².